The molecule has 48 heteroatoms. The summed E-state index contributed by atoms with van der Waals surface area (Å²) in [5.41, 5.74) is 3.98. The Morgan fingerprint density at radius 2 is 0.477 bits per heavy atom. The first-order chi connectivity index (χ1) is 61.7. The monoisotopic (exact) mass is 1780 g/mol. The van der Waals surface area contributed by atoms with Crippen LogP contribution in [0.2, 0.25) is 0 Å². The van der Waals surface area contributed by atoms with Gasteiger partial charge >= 0.3 is 23.9 Å². The van der Waals surface area contributed by atoms with E-state index < -0.39 is 148 Å². The van der Waals surface area contributed by atoms with Crippen LogP contribution in [0.4, 0.5) is 0 Å². The summed E-state index contributed by atoms with van der Waals surface area (Å²) in [6.07, 6.45) is 5.73. The fourth-order valence-corrected chi connectivity index (χ4v) is 12.7. The molecule has 1 saturated heterocycles. The molecule has 5 heterocycles. The number of aliphatic hydroxyl groups is 4. The molecule has 688 valence electrons. The van der Waals surface area contributed by atoms with Gasteiger partial charge in [-0.1, -0.05) is 69.4 Å². The van der Waals surface area contributed by atoms with Crippen LogP contribution in [-0.2, 0) is 136 Å². The Morgan fingerprint density at radius 3 is 0.648 bits per heavy atom. The molecule has 0 spiro atoms. The van der Waals surface area contributed by atoms with Crippen LogP contribution >= 0.6 is 0 Å². The number of carbonyl (C=O) groups is 12. The van der Waals surface area contributed by atoms with Crippen molar-refractivity contribution in [3.8, 4) is 23.0 Å². The number of carboxylic acids is 4. The number of aliphatic carboxylic acids is 4. The zero-order valence-electron chi connectivity index (χ0n) is 69.7. The average molecular weight is 1790 g/mol. The number of aromatic nitrogens is 12. The summed E-state index contributed by atoms with van der Waals surface area (Å²) in [5.74, 6) is -10.2. The minimum atomic E-state index is -1.46. The molecule has 16 N–H and O–H groups in total. The molecule has 9 rings (SSSR count). The highest BCUT2D eigenvalue weighted by molar-refractivity contribution is 5.91. The first kappa shape index (κ1) is 97.8. The van der Waals surface area contributed by atoms with E-state index in [-0.39, 0.29) is 157 Å². The Kier molecular flexibility index (Phi) is 39.3. The Labute approximate surface area is 731 Å². The SMILES string of the molecule is O=C(CN1CCN(CC(=O)NCC(=O)N[C@@H](Cc2ccc(OCc3cn(CCO)nn3)cc2)C(=O)O)CCN(CC(=O)NCC(=O)N[C@@H](Cc2ccc(OCc3cn(CCO)nn3)cc2)C(=O)O)CCN(CC(=O)NCC(=O)N[C@@H](Cc2ccc(OCc3cn(CCO)nn3)cc2)C(=O)O)CC1)NCC(=O)N[C@@H](Cc1ccc(OCc2cn(CCO)nn2)cc1)C(=O)O. The van der Waals surface area contributed by atoms with Gasteiger partial charge in [-0.05, 0) is 70.8 Å². The number of ether oxygens (including phenoxy) is 4. The van der Waals surface area contributed by atoms with Crippen molar-refractivity contribution in [2.45, 2.75) is 102 Å². The Morgan fingerprint density at radius 1 is 0.289 bits per heavy atom. The molecule has 0 radical (unpaired) electrons. The summed E-state index contributed by atoms with van der Waals surface area (Å²) in [6, 6.07) is 19.8. The second kappa shape index (κ2) is 51.4. The van der Waals surface area contributed by atoms with Crippen LogP contribution in [0.5, 0.6) is 23.0 Å². The zero-order valence-corrected chi connectivity index (χ0v) is 69.7. The third-order valence-corrected chi connectivity index (χ3v) is 19.4. The van der Waals surface area contributed by atoms with E-state index in [4.69, 9.17) is 18.9 Å². The van der Waals surface area contributed by atoms with Gasteiger partial charge in [0, 0.05) is 78.0 Å². The van der Waals surface area contributed by atoms with Crippen molar-refractivity contribution in [1.82, 2.24) is 122 Å². The number of carbonyl (C=O) groups excluding carboxylic acids is 8. The normalized spacial score (nSPS) is 13.9. The first-order valence-corrected chi connectivity index (χ1v) is 40.6. The van der Waals surface area contributed by atoms with Gasteiger partial charge in [-0.25, -0.2) is 37.9 Å². The lowest BCUT2D eigenvalue weighted by atomic mass is 10.1. The Hall–Kier alpha value is -14.0. The van der Waals surface area contributed by atoms with Crippen molar-refractivity contribution in [1.29, 1.82) is 0 Å². The highest BCUT2D eigenvalue weighted by Crippen LogP contribution is 2.20. The van der Waals surface area contributed by atoms with Crippen molar-refractivity contribution in [2.75, 3.05) is 131 Å². The molecule has 4 aromatic carbocycles. The summed E-state index contributed by atoms with van der Waals surface area (Å²) in [4.78, 5) is 167. The van der Waals surface area contributed by atoms with Crippen LogP contribution < -0.4 is 61.5 Å². The quantitative estimate of drug-likeness (QED) is 0.0169. The van der Waals surface area contributed by atoms with Crippen LogP contribution in [0.1, 0.15) is 45.0 Å². The molecular formula is C80H104N24O24. The van der Waals surface area contributed by atoms with Gasteiger partial charge in [-0.2, -0.15) is 0 Å². The largest absolute Gasteiger partial charge is 0.487 e. The van der Waals surface area contributed by atoms with Gasteiger partial charge in [0.1, 0.15) is 96.4 Å². The van der Waals surface area contributed by atoms with Crippen molar-refractivity contribution >= 4 is 71.1 Å². The molecule has 4 aromatic heterocycles. The van der Waals surface area contributed by atoms with Crippen molar-refractivity contribution in [3.05, 3.63) is 167 Å². The Balaban J connectivity index is 0.861. The van der Waals surface area contributed by atoms with Gasteiger partial charge in [-0.3, -0.25) is 58.0 Å². The predicted molar refractivity (Wildman–Crippen MR) is 442 cm³/mol. The summed E-state index contributed by atoms with van der Waals surface area (Å²) in [6.45, 7) is -4.26. The summed E-state index contributed by atoms with van der Waals surface area (Å²) < 4.78 is 28.9. The van der Waals surface area contributed by atoms with E-state index in [2.05, 4.69) is 83.8 Å². The molecule has 0 aliphatic carbocycles. The minimum Gasteiger partial charge on any atom is -0.487 e. The number of benzene rings is 4. The zero-order chi connectivity index (χ0) is 91.7. The Bertz CT molecular complexity index is 4310. The molecule has 1 aliphatic rings. The van der Waals surface area contributed by atoms with Crippen molar-refractivity contribution in [3.63, 3.8) is 0 Å². The predicted octanol–water partition coefficient (Wildman–Crippen LogP) is -6.43. The maximum Gasteiger partial charge on any atom is 0.326 e. The van der Waals surface area contributed by atoms with E-state index in [0.29, 0.717) is 68.0 Å². The second-order valence-corrected chi connectivity index (χ2v) is 29.4. The van der Waals surface area contributed by atoms with E-state index >= 15 is 0 Å². The van der Waals surface area contributed by atoms with Crippen LogP contribution in [0.25, 0.3) is 0 Å². The average Bonchev–Trinajstić information content (AvgIpc) is 1.47. The van der Waals surface area contributed by atoms with Crippen LogP contribution in [0.15, 0.2) is 122 Å². The van der Waals surface area contributed by atoms with Crippen molar-refractivity contribution < 1.29 is 117 Å². The number of nitrogens with one attached hydrogen (secondary N) is 8. The van der Waals surface area contributed by atoms with Crippen LogP contribution in [0, 0.1) is 0 Å². The first-order valence-electron chi connectivity index (χ1n) is 40.6. The van der Waals surface area contributed by atoms with Gasteiger partial charge < -0.3 is 102 Å². The molecule has 0 unspecified atom stereocenters. The lowest BCUT2D eigenvalue weighted by Crippen LogP contribution is -2.53. The number of amides is 8. The molecule has 4 atom stereocenters. The third-order valence-electron chi connectivity index (χ3n) is 19.4. The van der Waals surface area contributed by atoms with Crippen LogP contribution in [0.3, 0.4) is 0 Å². The van der Waals surface area contributed by atoms with Gasteiger partial charge in [0.15, 0.2) is 0 Å². The molecule has 8 aromatic rings. The number of aliphatic hydroxyl groups excluding tert-OH is 4. The number of nitrogens with zero attached hydrogens (tertiary/aromatic N) is 16. The fourth-order valence-electron chi connectivity index (χ4n) is 12.7. The lowest BCUT2D eigenvalue weighted by Gasteiger charge is -2.33. The summed E-state index contributed by atoms with van der Waals surface area (Å²) in [5, 5.41) is 129. The summed E-state index contributed by atoms with van der Waals surface area (Å²) in [7, 11) is 0. The maximum absolute atomic E-state index is 14.0. The highest BCUT2D eigenvalue weighted by Gasteiger charge is 2.29. The minimum absolute atomic E-state index is 0.0434. The topological polar surface area (TPSA) is 636 Å². The third kappa shape index (κ3) is 35.2. The lowest BCUT2D eigenvalue weighted by molar-refractivity contribution is -0.142. The summed E-state index contributed by atoms with van der Waals surface area (Å²) >= 11 is 0. The second-order valence-electron chi connectivity index (χ2n) is 29.4. The van der Waals surface area contributed by atoms with E-state index in [0.717, 1.165) is 0 Å². The van der Waals surface area contributed by atoms with Crippen molar-refractivity contribution in [2.24, 2.45) is 0 Å². The van der Waals surface area contributed by atoms with Gasteiger partial charge in [0.25, 0.3) is 0 Å². The van der Waals surface area contributed by atoms with E-state index in [1.807, 2.05) is 0 Å². The fraction of sp³-hybridized carbons (Fsp3) is 0.450. The van der Waals surface area contributed by atoms with Gasteiger partial charge in [-0.15, -0.1) is 20.4 Å². The van der Waals surface area contributed by atoms with Gasteiger partial charge in [0.2, 0.25) is 47.3 Å². The number of hydrogen-bond acceptors (Lipinski definition) is 32. The van der Waals surface area contributed by atoms with Gasteiger partial charge in [0.05, 0.1) is 130 Å². The molecule has 128 heavy (non-hydrogen) atoms. The van der Waals surface area contributed by atoms with Crippen LogP contribution in [-0.4, -0.2) is 347 Å². The molecule has 8 amide bonds. The molecular weight excluding hydrogens is 1680 g/mol. The van der Waals surface area contributed by atoms with E-state index in [1.165, 1.54) is 18.7 Å². The maximum atomic E-state index is 14.0. The number of rotatable bonds is 52. The standard InChI is InChI=1S/C80H104N24O24/c105-29-25-101-41-57(89-93-101)49-125-61-9-1-53(2-10-61)33-65(77(117)118)85-69(109)37-81-73(113)45-97-17-19-98(46-74(114)82-38-70(110)86-66(78(119)120)34-54-3-11-62(12-4-54)126-50-58-42-102(26-30-106)94-90-58)21-23-100(48-76(116)84-40-72(112)88-68(80(123)124)36-56-7-15-64(16-8-56)128-52-60-44-104(28-32-108)96-92-60)24-22-99(20-18-97)47-75(115)83-39-71(111)87-67(79(121)122)35-55-5-13-63(14-6-55)127-51-59-43-103(27-31-107)95-91-59/h1-16,41-44,65-68,105-108H,17-40,45-52H2,(H,81,113)(H,82,114)(H,83,115)(H,84,116)(H,85,109)(H,86,110)(H,87,111)(H,88,112)(H,117,118)(H,119,120)(H,121,122)(H,123,124)/t65-,66-,67-,68-/m0/s1. The smallest absolute Gasteiger partial charge is 0.326 e. The highest BCUT2D eigenvalue weighted by atomic mass is 16.5. The molecule has 48 nitrogen and oxygen atoms in total. The number of carboxylic acid groups (broad SMARTS) is 4. The molecule has 0 bridgehead atoms. The molecule has 1 aliphatic heterocycles. The molecule has 0 saturated carbocycles. The molecule has 1 fully saturated rings. The van der Waals surface area contributed by atoms with E-state index in [9.17, 15) is 98.4 Å². The number of hydrogen-bond donors (Lipinski definition) is 16. The van der Waals surface area contributed by atoms with E-state index in [1.54, 1.807) is 141 Å².